The van der Waals surface area contributed by atoms with Crippen LogP contribution in [0.3, 0.4) is 0 Å². The predicted octanol–water partition coefficient (Wildman–Crippen LogP) is 1.25. The van der Waals surface area contributed by atoms with Crippen LogP contribution in [-0.4, -0.2) is 38.1 Å². The summed E-state index contributed by atoms with van der Waals surface area (Å²) in [5, 5.41) is 12.1. The quantitative estimate of drug-likeness (QED) is 0.630. The molecule has 23 heavy (non-hydrogen) atoms. The number of halogens is 1. The molecule has 1 aliphatic heterocycles. The molecule has 0 radical (unpaired) electrons. The third-order valence-corrected chi connectivity index (χ3v) is 4.01. The molecular formula is C16H23ClN4O2. The molecule has 0 saturated carbocycles. The molecule has 1 unspecified atom stereocenters. The summed E-state index contributed by atoms with van der Waals surface area (Å²) in [6.45, 7) is 3.01. The summed E-state index contributed by atoms with van der Waals surface area (Å²) in [5.41, 5.74) is 0.943. The van der Waals surface area contributed by atoms with E-state index in [1.54, 1.807) is 12.1 Å². The number of carbonyl (C=O) groups excluding carboxylic acids is 2. The summed E-state index contributed by atoms with van der Waals surface area (Å²) >= 11 is 5.80. The standard InChI is InChI=1S/C16H23ClN4O2/c17-14-5-3-12(4-6-14)9-20-16(23)21-11-15(22)19-10-13-2-1-7-18-8-13/h3-6,13,18H,1-2,7-11H2,(H,19,22)(H2,20,21,23). The second-order valence-electron chi connectivity index (χ2n) is 5.68. The van der Waals surface area contributed by atoms with Crippen LogP contribution < -0.4 is 21.3 Å². The number of amides is 3. The molecule has 1 heterocycles. The van der Waals surface area contributed by atoms with Crippen LogP contribution >= 0.6 is 11.6 Å². The average molecular weight is 339 g/mol. The van der Waals surface area contributed by atoms with E-state index in [-0.39, 0.29) is 18.5 Å². The molecule has 4 N–H and O–H groups in total. The van der Waals surface area contributed by atoms with Gasteiger partial charge in [0, 0.05) is 18.1 Å². The molecular weight excluding hydrogens is 316 g/mol. The first-order valence-electron chi connectivity index (χ1n) is 7.87. The molecule has 2 rings (SSSR count). The van der Waals surface area contributed by atoms with Crippen molar-refractivity contribution in [1.29, 1.82) is 0 Å². The van der Waals surface area contributed by atoms with E-state index in [1.807, 2.05) is 12.1 Å². The van der Waals surface area contributed by atoms with Crippen molar-refractivity contribution in [1.82, 2.24) is 21.3 Å². The Morgan fingerprint density at radius 2 is 1.96 bits per heavy atom. The first-order valence-corrected chi connectivity index (χ1v) is 8.25. The fourth-order valence-corrected chi connectivity index (χ4v) is 2.55. The summed E-state index contributed by atoms with van der Waals surface area (Å²) < 4.78 is 0. The first kappa shape index (κ1) is 17.6. The molecule has 1 aromatic carbocycles. The van der Waals surface area contributed by atoms with Crippen LogP contribution in [0.5, 0.6) is 0 Å². The summed E-state index contributed by atoms with van der Waals surface area (Å²) in [4.78, 5) is 23.4. The molecule has 6 nitrogen and oxygen atoms in total. The normalized spacial score (nSPS) is 17.3. The molecule has 1 aromatic rings. The minimum atomic E-state index is -0.366. The SMILES string of the molecule is O=C(CNC(=O)NCc1ccc(Cl)cc1)NCC1CCCNC1. The van der Waals surface area contributed by atoms with Crippen LogP contribution in [0.2, 0.25) is 5.02 Å². The summed E-state index contributed by atoms with van der Waals surface area (Å²) in [5.74, 6) is 0.309. The second kappa shape index (κ2) is 9.37. The summed E-state index contributed by atoms with van der Waals surface area (Å²) in [6, 6.07) is 6.85. The highest BCUT2D eigenvalue weighted by atomic mass is 35.5. The van der Waals surface area contributed by atoms with Gasteiger partial charge in [0.15, 0.2) is 0 Å². The molecule has 0 bridgehead atoms. The van der Waals surface area contributed by atoms with Gasteiger partial charge in [-0.15, -0.1) is 0 Å². The monoisotopic (exact) mass is 338 g/mol. The number of piperidine rings is 1. The number of rotatable bonds is 6. The van der Waals surface area contributed by atoms with Gasteiger partial charge in [-0.1, -0.05) is 23.7 Å². The minimum absolute atomic E-state index is 0.0212. The van der Waals surface area contributed by atoms with Gasteiger partial charge in [0.05, 0.1) is 6.54 Å². The number of nitrogens with one attached hydrogen (secondary N) is 4. The third-order valence-electron chi connectivity index (χ3n) is 3.76. The molecule has 0 aromatic heterocycles. The third kappa shape index (κ3) is 6.88. The van der Waals surface area contributed by atoms with Crippen molar-refractivity contribution >= 4 is 23.5 Å². The van der Waals surface area contributed by atoms with Crippen LogP contribution in [0, 0.1) is 5.92 Å². The molecule has 0 aliphatic carbocycles. The predicted molar refractivity (Wildman–Crippen MR) is 90.3 cm³/mol. The van der Waals surface area contributed by atoms with E-state index in [4.69, 9.17) is 11.6 Å². The molecule has 3 amide bonds. The van der Waals surface area contributed by atoms with Gasteiger partial charge >= 0.3 is 6.03 Å². The van der Waals surface area contributed by atoms with Gasteiger partial charge in [0.2, 0.25) is 5.91 Å². The van der Waals surface area contributed by atoms with Gasteiger partial charge in [0.25, 0.3) is 0 Å². The Morgan fingerprint density at radius 1 is 1.17 bits per heavy atom. The van der Waals surface area contributed by atoms with Crippen LogP contribution in [0.1, 0.15) is 18.4 Å². The van der Waals surface area contributed by atoms with E-state index >= 15 is 0 Å². The maximum atomic E-state index is 11.7. The van der Waals surface area contributed by atoms with Crippen LogP contribution in [0.15, 0.2) is 24.3 Å². The Hall–Kier alpha value is -1.79. The van der Waals surface area contributed by atoms with Crippen molar-refractivity contribution < 1.29 is 9.59 Å². The molecule has 1 saturated heterocycles. The van der Waals surface area contributed by atoms with Crippen molar-refractivity contribution in [2.45, 2.75) is 19.4 Å². The van der Waals surface area contributed by atoms with E-state index < -0.39 is 0 Å². The van der Waals surface area contributed by atoms with Gasteiger partial charge in [-0.2, -0.15) is 0 Å². The summed E-state index contributed by atoms with van der Waals surface area (Å²) in [7, 11) is 0. The van der Waals surface area contributed by atoms with Crippen molar-refractivity contribution in [3.8, 4) is 0 Å². The Balaban J connectivity index is 1.57. The van der Waals surface area contributed by atoms with Gasteiger partial charge in [-0.25, -0.2) is 4.79 Å². The maximum Gasteiger partial charge on any atom is 0.315 e. The van der Waals surface area contributed by atoms with Gasteiger partial charge in [0.1, 0.15) is 0 Å². The van der Waals surface area contributed by atoms with E-state index in [0.717, 1.165) is 31.5 Å². The van der Waals surface area contributed by atoms with Crippen molar-refractivity contribution in [3.05, 3.63) is 34.9 Å². The smallest absolute Gasteiger partial charge is 0.315 e. The van der Waals surface area contributed by atoms with Crippen LogP contribution in [0.4, 0.5) is 4.79 Å². The number of carbonyl (C=O) groups is 2. The number of hydrogen-bond donors (Lipinski definition) is 4. The van der Waals surface area contributed by atoms with E-state index in [9.17, 15) is 9.59 Å². The van der Waals surface area contributed by atoms with Crippen LogP contribution in [0.25, 0.3) is 0 Å². The Kier molecular flexibility index (Phi) is 7.16. The lowest BCUT2D eigenvalue weighted by Crippen LogP contribution is -2.44. The van der Waals surface area contributed by atoms with Crippen molar-refractivity contribution in [2.24, 2.45) is 5.92 Å². The highest BCUT2D eigenvalue weighted by molar-refractivity contribution is 6.30. The number of urea groups is 1. The minimum Gasteiger partial charge on any atom is -0.354 e. The molecule has 1 atom stereocenters. The van der Waals surface area contributed by atoms with Crippen LogP contribution in [-0.2, 0) is 11.3 Å². The Morgan fingerprint density at radius 3 is 2.65 bits per heavy atom. The Labute approximate surface area is 141 Å². The fourth-order valence-electron chi connectivity index (χ4n) is 2.43. The Bertz CT molecular complexity index is 515. The van der Waals surface area contributed by atoms with E-state index in [1.165, 1.54) is 0 Å². The zero-order valence-corrected chi connectivity index (χ0v) is 13.8. The lowest BCUT2D eigenvalue weighted by Gasteiger charge is -2.22. The zero-order chi connectivity index (χ0) is 16.5. The lowest BCUT2D eigenvalue weighted by molar-refractivity contribution is -0.120. The highest BCUT2D eigenvalue weighted by Crippen LogP contribution is 2.09. The van der Waals surface area contributed by atoms with Gasteiger partial charge in [-0.05, 0) is 49.5 Å². The second-order valence-corrected chi connectivity index (χ2v) is 6.12. The molecule has 126 valence electrons. The average Bonchev–Trinajstić information content (AvgIpc) is 2.58. The van der Waals surface area contributed by atoms with E-state index in [0.29, 0.717) is 24.0 Å². The summed E-state index contributed by atoms with van der Waals surface area (Å²) in [6.07, 6.45) is 2.27. The maximum absolute atomic E-state index is 11.7. The number of benzene rings is 1. The first-order chi connectivity index (χ1) is 11.1. The molecule has 7 heteroatoms. The number of hydrogen-bond acceptors (Lipinski definition) is 3. The molecule has 1 fully saturated rings. The highest BCUT2D eigenvalue weighted by Gasteiger charge is 2.14. The van der Waals surface area contributed by atoms with Crippen molar-refractivity contribution in [2.75, 3.05) is 26.2 Å². The lowest BCUT2D eigenvalue weighted by atomic mass is 10.00. The molecule has 0 spiro atoms. The zero-order valence-electron chi connectivity index (χ0n) is 13.0. The topological polar surface area (TPSA) is 82.3 Å². The van der Waals surface area contributed by atoms with Crippen molar-refractivity contribution in [3.63, 3.8) is 0 Å². The fraction of sp³-hybridized carbons (Fsp3) is 0.500. The van der Waals surface area contributed by atoms with Gasteiger partial charge in [-0.3, -0.25) is 4.79 Å². The van der Waals surface area contributed by atoms with E-state index in [2.05, 4.69) is 21.3 Å². The molecule has 1 aliphatic rings. The largest absolute Gasteiger partial charge is 0.354 e. The van der Waals surface area contributed by atoms with Gasteiger partial charge < -0.3 is 21.3 Å².